The molecule has 2 N–H and O–H groups in total. The summed E-state index contributed by atoms with van der Waals surface area (Å²) < 4.78 is 1.47. The number of aromatic hydroxyl groups is 2. The first kappa shape index (κ1) is 14.8. The summed E-state index contributed by atoms with van der Waals surface area (Å²) in [6, 6.07) is 6.54. The Balaban J connectivity index is 2.52. The molecule has 0 unspecified atom stereocenters. The maximum Gasteiger partial charge on any atom is 0.251 e. The molecule has 0 amide bonds. The normalized spacial score (nSPS) is 11.4. The standard InChI is InChI=1S/C16H17NO4/c1-16(2,3)17-9-10(4-7-14(17)20)15(21)12-6-5-11(18)8-13(12)19/h4-9,18-19H,1-3H3. The Hall–Kier alpha value is -2.56. The van der Waals surface area contributed by atoms with Gasteiger partial charge in [-0.2, -0.15) is 0 Å². The summed E-state index contributed by atoms with van der Waals surface area (Å²) >= 11 is 0. The van der Waals surface area contributed by atoms with E-state index in [-0.39, 0.29) is 22.6 Å². The van der Waals surface area contributed by atoms with Gasteiger partial charge in [0.15, 0.2) is 5.78 Å². The van der Waals surface area contributed by atoms with Gasteiger partial charge in [-0.15, -0.1) is 0 Å². The van der Waals surface area contributed by atoms with Crippen molar-refractivity contribution in [2.24, 2.45) is 0 Å². The van der Waals surface area contributed by atoms with E-state index in [1.807, 2.05) is 20.8 Å². The topological polar surface area (TPSA) is 79.5 Å². The molecule has 0 bridgehead atoms. The molecule has 0 aliphatic rings. The predicted octanol–water partition coefficient (Wildman–Crippen LogP) is 2.25. The molecule has 110 valence electrons. The van der Waals surface area contributed by atoms with Crippen LogP contribution in [0.15, 0.2) is 41.3 Å². The summed E-state index contributed by atoms with van der Waals surface area (Å²) in [5, 5.41) is 19.0. The highest BCUT2D eigenvalue weighted by molar-refractivity contribution is 6.10. The summed E-state index contributed by atoms with van der Waals surface area (Å²) in [7, 11) is 0. The minimum Gasteiger partial charge on any atom is -0.508 e. The van der Waals surface area contributed by atoms with Crippen molar-refractivity contribution in [1.82, 2.24) is 4.57 Å². The maximum atomic E-state index is 12.4. The monoisotopic (exact) mass is 287 g/mol. The lowest BCUT2D eigenvalue weighted by Crippen LogP contribution is -2.33. The van der Waals surface area contributed by atoms with Crippen LogP contribution in [-0.2, 0) is 5.54 Å². The lowest BCUT2D eigenvalue weighted by molar-refractivity contribution is 0.103. The second kappa shape index (κ2) is 5.09. The zero-order chi connectivity index (χ0) is 15.8. The van der Waals surface area contributed by atoms with E-state index in [9.17, 15) is 19.8 Å². The van der Waals surface area contributed by atoms with Crippen LogP contribution in [0.5, 0.6) is 11.5 Å². The molecule has 0 spiro atoms. The highest BCUT2D eigenvalue weighted by Gasteiger charge is 2.19. The van der Waals surface area contributed by atoms with Gasteiger partial charge in [0, 0.05) is 29.4 Å². The zero-order valence-electron chi connectivity index (χ0n) is 12.1. The first-order valence-corrected chi connectivity index (χ1v) is 6.50. The average Bonchev–Trinajstić information content (AvgIpc) is 2.37. The fourth-order valence-electron chi connectivity index (χ4n) is 2.01. The first-order valence-electron chi connectivity index (χ1n) is 6.50. The van der Waals surface area contributed by atoms with Crippen LogP contribution in [0.25, 0.3) is 0 Å². The van der Waals surface area contributed by atoms with E-state index < -0.39 is 11.3 Å². The van der Waals surface area contributed by atoms with Crippen LogP contribution in [0.3, 0.4) is 0 Å². The van der Waals surface area contributed by atoms with E-state index in [1.54, 1.807) is 0 Å². The number of hydrogen-bond acceptors (Lipinski definition) is 4. The van der Waals surface area contributed by atoms with E-state index in [1.165, 1.54) is 35.0 Å². The Morgan fingerprint density at radius 1 is 1.10 bits per heavy atom. The fraction of sp³-hybridized carbons (Fsp3) is 0.250. The number of aromatic nitrogens is 1. The van der Waals surface area contributed by atoms with Crippen molar-refractivity contribution in [3.63, 3.8) is 0 Å². The number of phenolic OH excluding ortho intramolecular Hbond substituents is 2. The second-order valence-corrected chi connectivity index (χ2v) is 5.83. The summed E-state index contributed by atoms with van der Waals surface area (Å²) in [6.45, 7) is 5.59. The van der Waals surface area contributed by atoms with E-state index >= 15 is 0 Å². The van der Waals surface area contributed by atoms with Gasteiger partial charge in [-0.25, -0.2) is 0 Å². The maximum absolute atomic E-state index is 12.4. The molecule has 5 heteroatoms. The van der Waals surface area contributed by atoms with Crippen LogP contribution in [-0.4, -0.2) is 20.6 Å². The Labute approximate surface area is 122 Å². The number of nitrogens with zero attached hydrogens (tertiary/aromatic N) is 1. The molecule has 0 radical (unpaired) electrons. The van der Waals surface area contributed by atoms with Gasteiger partial charge in [0.2, 0.25) is 0 Å². The molecule has 1 aromatic heterocycles. The van der Waals surface area contributed by atoms with Crippen molar-refractivity contribution in [3.8, 4) is 11.5 Å². The zero-order valence-corrected chi connectivity index (χ0v) is 12.1. The number of hydrogen-bond donors (Lipinski definition) is 2. The number of rotatable bonds is 2. The minimum absolute atomic E-state index is 0.0758. The van der Waals surface area contributed by atoms with Gasteiger partial charge >= 0.3 is 0 Å². The molecule has 0 saturated heterocycles. The number of pyridine rings is 1. The molecule has 0 aliphatic heterocycles. The third kappa shape index (κ3) is 2.97. The van der Waals surface area contributed by atoms with Crippen molar-refractivity contribution >= 4 is 5.78 Å². The second-order valence-electron chi connectivity index (χ2n) is 5.83. The van der Waals surface area contributed by atoms with Gasteiger partial charge in [-0.1, -0.05) is 0 Å². The first-order chi connectivity index (χ1) is 9.70. The van der Waals surface area contributed by atoms with Crippen molar-refractivity contribution in [2.45, 2.75) is 26.3 Å². The lowest BCUT2D eigenvalue weighted by Gasteiger charge is -2.22. The quantitative estimate of drug-likeness (QED) is 0.830. The summed E-state index contributed by atoms with van der Waals surface area (Å²) in [4.78, 5) is 24.3. The summed E-state index contributed by atoms with van der Waals surface area (Å²) in [5.41, 5.74) is -0.281. The van der Waals surface area contributed by atoms with Crippen molar-refractivity contribution < 1.29 is 15.0 Å². The van der Waals surface area contributed by atoms with Crippen molar-refractivity contribution in [2.75, 3.05) is 0 Å². The number of ketones is 1. The molecule has 1 heterocycles. The predicted molar refractivity (Wildman–Crippen MR) is 78.9 cm³/mol. The molecule has 0 atom stereocenters. The Kier molecular flexibility index (Phi) is 3.60. The van der Waals surface area contributed by atoms with E-state index in [2.05, 4.69) is 0 Å². The molecule has 5 nitrogen and oxygen atoms in total. The molecule has 0 fully saturated rings. The highest BCUT2D eigenvalue weighted by Crippen LogP contribution is 2.25. The van der Waals surface area contributed by atoms with Crippen LogP contribution < -0.4 is 5.56 Å². The third-order valence-corrected chi connectivity index (χ3v) is 3.12. The Bertz CT molecular complexity index is 754. The third-order valence-electron chi connectivity index (χ3n) is 3.12. The molecule has 2 aromatic rings. The molecule has 21 heavy (non-hydrogen) atoms. The molecule has 0 saturated carbocycles. The average molecular weight is 287 g/mol. The van der Waals surface area contributed by atoms with Crippen LogP contribution in [0.1, 0.15) is 36.7 Å². The van der Waals surface area contributed by atoms with E-state index in [0.717, 1.165) is 6.07 Å². The van der Waals surface area contributed by atoms with Gasteiger partial charge < -0.3 is 14.8 Å². The van der Waals surface area contributed by atoms with Gasteiger partial charge in [0.25, 0.3) is 5.56 Å². The number of carbonyl (C=O) groups is 1. The van der Waals surface area contributed by atoms with E-state index in [4.69, 9.17) is 0 Å². The molecule has 0 aliphatic carbocycles. The smallest absolute Gasteiger partial charge is 0.251 e. The fourth-order valence-corrected chi connectivity index (χ4v) is 2.01. The molecule has 2 rings (SSSR count). The van der Waals surface area contributed by atoms with E-state index in [0.29, 0.717) is 5.56 Å². The Morgan fingerprint density at radius 3 is 2.33 bits per heavy atom. The number of carbonyl (C=O) groups excluding carboxylic acids is 1. The van der Waals surface area contributed by atoms with Crippen molar-refractivity contribution in [1.29, 1.82) is 0 Å². The van der Waals surface area contributed by atoms with Crippen molar-refractivity contribution in [3.05, 3.63) is 58.0 Å². The highest BCUT2D eigenvalue weighted by atomic mass is 16.3. The van der Waals surface area contributed by atoms with Crippen LogP contribution in [0.2, 0.25) is 0 Å². The Morgan fingerprint density at radius 2 is 1.76 bits per heavy atom. The van der Waals surface area contributed by atoms with Gasteiger partial charge in [-0.05, 0) is 39.0 Å². The van der Waals surface area contributed by atoms with Gasteiger partial charge in [0.1, 0.15) is 11.5 Å². The van der Waals surface area contributed by atoms with Gasteiger partial charge in [-0.3, -0.25) is 9.59 Å². The summed E-state index contributed by atoms with van der Waals surface area (Å²) in [6.07, 6.45) is 1.48. The van der Waals surface area contributed by atoms with Crippen LogP contribution in [0.4, 0.5) is 0 Å². The van der Waals surface area contributed by atoms with Gasteiger partial charge in [0.05, 0.1) is 5.56 Å². The van der Waals surface area contributed by atoms with Crippen LogP contribution >= 0.6 is 0 Å². The molecule has 1 aromatic carbocycles. The largest absolute Gasteiger partial charge is 0.508 e. The lowest BCUT2D eigenvalue weighted by atomic mass is 10.0. The minimum atomic E-state index is -0.454. The molecular weight excluding hydrogens is 270 g/mol. The number of benzene rings is 1. The SMILES string of the molecule is CC(C)(C)n1cc(C(=O)c2ccc(O)cc2O)ccc1=O. The number of phenols is 2. The summed E-state index contributed by atoms with van der Waals surface area (Å²) in [5.74, 6) is -0.831. The van der Waals surface area contributed by atoms with Crippen LogP contribution in [0, 0.1) is 0 Å². The molecular formula is C16H17NO4.